The minimum Gasteiger partial charge on any atom is -0.356 e. The Morgan fingerprint density at radius 2 is 1.93 bits per heavy atom. The van der Waals surface area contributed by atoms with E-state index in [1.807, 2.05) is 6.07 Å². The quantitative estimate of drug-likeness (QED) is 0.464. The molecule has 0 aliphatic rings. The number of halogens is 2. The van der Waals surface area contributed by atoms with Gasteiger partial charge in [0.05, 0.1) is 23.9 Å². The second-order valence-corrected chi connectivity index (χ2v) is 7.33. The first-order valence-corrected chi connectivity index (χ1v) is 9.60. The Morgan fingerprint density at radius 3 is 2.66 bits per heavy atom. The molecule has 9 heteroatoms. The fourth-order valence-electron chi connectivity index (χ4n) is 2.98. The van der Waals surface area contributed by atoms with Gasteiger partial charge in [-0.1, -0.05) is 17.4 Å². The van der Waals surface area contributed by atoms with Crippen LogP contribution in [-0.4, -0.2) is 24.1 Å². The molecule has 144 valence electrons. The smallest absolute Gasteiger partial charge is 0.214 e. The Labute approximate surface area is 168 Å². The van der Waals surface area contributed by atoms with Crippen molar-refractivity contribution in [3.05, 3.63) is 84.6 Å². The topological polar surface area (TPSA) is 60.0 Å². The van der Waals surface area contributed by atoms with Gasteiger partial charge in [-0.05, 0) is 42.0 Å². The number of nitrogens with one attached hydrogen (secondary N) is 1. The Hall–Kier alpha value is -3.59. The minimum atomic E-state index is -0.319. The normalized spacial score (nSPS) is 11.2. The number of fused-ring (bicyclic) bond motifs is 1. The molecule has 0 saturated heterocycles. The number of benzene rings is 2. The Morgan fingerprint density at radius 1 is 1.07 bits per heavy atom. The van der Waals surface area contributed by atoms with Crippen LogP contribution in [0.1, 0.15) is 5.56 Å². The fraction of sp³-hybridized carbons (Fsp3) is 0.0500. The van der Waals surface area contributed by atoms with Crippen LogP contribution in [-0.2, 0) is 6.54 Å². The molecule has 3 aromatic heterocycles. The lowest BCUT2D eigenvalue weighted by molar-refractivity contribution is 0.616. The summed E-state index contributed by atoms with van der Waals surface area (Å²) in [6, 6.07) is 11.2. The van der Waals surface area contributed by atoms with E-state index in [0.29, 0.717) is 22.3 Å². The van der Waals surface area contributed by atoms with Gasteiger partial charge in [0.25, 0.3) is 0 Å². The molecule has 2 aromatic carbocycles. The molecule has 0 aliphatic carbocycles. The average molecular weight is 408 g/mol. The second kappa shape index (κ2) is 7.10. The van der Waals surface area contributed by atoms with Gasteiger partial charge in [-0.3, -0.25) is 0 Å². The van der Waals surface area contributed by atoms with Crippen molar-refractivity contribution in [3.63, 3.8) is 0 Å². The van der Waals surface area contributed by atoms with Crippen LogP contribution in [0.3, 0.4) is 0 Å². The van der Waals surface area contributed by atoms with Crippen molar-refractivity contribution in [3.8, 4) is 16.9 Å². The van der Waals surface area contributed by atoms with Crippen molar-refractivity contribution >= 4 is 21.4 Å². The second-order valence-electron chi connectivity index (χ2n) is 6.38. The molecule has 5 aromatic rings. The summed E-state index contributed by atoms with van der Waals surface area (Å²) >= 11 is 1.39. The molecular weight excluding hydrogens is 394 g/mol. The Balaban J connectivity index is 1.30. The maximum Gasteiger partial charge on any atom is 0.214 e. The van der Waals surface area contributed by atoms with Crippen LogP contribution in [0.25, 0.3) is 21.9 Å². The monoisotopic (exact) mass is 408 g/mol. The van der Waals surface area contributed by atoms with Crippen molar-refractivity contribution in [2.75, 3.05) is 5.32 Å². The average Bonchev–Trinajstić information content (AvgIpc) is 3.43. The van der Waals surface area contributed by atoms with E-state index < -0.39 is 0 Å². The van der Waals surface area contributed by atoms with Crippen LogP contribution in [0.5, 0.6) is 0 Å². The molecule has 0 saturated carbocycles. The number of anilines is 1. The first-order valence-electron chi connectivity index (χ1n) is 8.78. The van der Waals surface area contributed by atoms with Crippen molar-refractivity contribution < 1.29 is 8.78 Å². The largest absolute Gasteiger partial charge is 0.356 e. The van der Waals surface area contributed by atoms with E-state index in [-0.39, 0.29) is 11.6 Å². The highest BCUT2D eigenvalue weighted by Crippen LogP contribution is 2.25. The van der Waals surface area contributed by atoms with Gasteiger partial charge in [0.1, 0.15) is 11.6 Å². The van der Waals surface area contributed by atoms with E-state index in [9.17, 15) is 8.78 Å². The van der Waals surface area contributed by atoms with E-state index in [1.54, 1.807) is 52.2 Å². The lowest BCUT2D eigenvalue weighted by atomic mass is 10.2. The third kappa shape index (κ3) is 3.47. The van der Waals surface area contributed by atoms with Crippen LogP contribution < -0.4 is 5.32 Å². The predicted molar refractivity (Wildman–Crippen MR) is 107 cm³/mol. The molecular formula is C20H14F2N6S. The fourth-order valence-corrected chi connectivity index (χ4v) is 3.76. The third-order valence-electron chi connectivity index (χ3n) is 4.42. The van der Waals surface area contributed by atoms with Gasteiger partial charge in [0.2, 0.25) is 10.1 Å². The zero-order valence-corrected chi connectivity index (χ0v) is 15.8. The molecule has 3 heterocycles. The predicted octanol–water partition coefficient (Wildman–Crippen LogP) is 4.53. The number of nitrogens with zero attached hydrogens (tertiary/aromatic N) is 5. The summed E-state index contributed by atoms with van der Waals surface area (Å²) < 4.78 is 30.7. The molecule has 5 rings (SSSR count). The van der Waals surface area contributed by atoms with E-state index in [1.165, 1.54) is 29.5 Å². The Bertz CT molecular complexity index is 1240. The SMILES string of the molecule is Fc1ccc(-c2cn3nc(NCc4ccc(-n5ccnc5)c(F)c4)sc3n2)cc1. The maximum absolute atomic E-state index is 14.4. The van der Waals surface area contributed by atoms with Crippen LogP contribution in [0.2, 0.25) is 0 Å². The van der Waals surface area contributed by atoms with Crippen molar-refractivity contribution in [1.82, 2.24) is 24.1 Å². The highest BCUT2D eigenvalue weighted by molar-refractivity contribution is 7.20. The lowest BCUT2D eigenvalue weighted by Crippen LogP contribution is -2.02. The van der Waals surface area contributed by atoms with Gasteiger partial charge in [-0.2, -0.15) is 0 Å². The summed E-state index contributed by atoms with van der Waals surface area (Å²) in [5.41, 5.74) is 2.80. The molecule has 0 radical (unpaired) electrons. The number of hydrogen-bond acceptors (Lipinski definition) is 5. The van der Waals surface area contributed by atoms with Crippen molar-refractivity contribution in [1.29, 1.82) is 0 Å². The van der Waals surface area contributed by atoms with Gasteiger partial charge >= 0.3 is 0 Å². The van der Waals surface area contributed by atoms with E-state index in [4.69, 9.17) is 0 Å². The van der Waals surface area contributed by atoms with Gasteiger partial charge < -0.3 is 9.88 Å². The molecule has 0 spiro atoms. The summed E-state index contributed by atoms with van der Waals surface area (Å²) in [4.78, 5) is 9.18. The van der Waals surface area contributed by atoms with Gasteiger partial charge in [-0.15, -0.1) is 5.10 Å². The van der Waals surface area contributed by atoms with E-state index >= 15 is 0 Å². The van der Waals surface area contributed by atoms with Gasteiger partial charge in [0, 0.05) is 24.5 Å². The molecule has 0 amide bonds. The zero-order chi connectivity index (χ0) is 19.8. The van der Waals surface area contributed by atoms with Crippen LogP contribution in [0, 0.1) is 11.6 Å². The van der Waals surface area contributed by atoms with E-state index in [2.05, 4.69) is 20.4 Å². The number of rotatable bonds is 5. The molecule has 1 N–H and O–H groups in total. The molecule has 0 fully saturated rings. The Kier molecular flexibility index (Phi) is 4.28. The number of aromatic nitrogens is 5. The lowest BCUT2D eigenvalue weighted by Gasteiger charge is -2.07. The standard InChI is InChI=1S/C20H14F2N6S/c21-15-4-2-14(3-5-15)17-11-28-20(25-17)29-19(26-28)24-10-13-1-6-18(16(22)9-13)27-8-7-23-12-27/h1-9,11-12H,10H2,(H,24,26). The zero-order valence-electron chi connectivity index (χ0n) is 15.0. The highest BCUT2D eigenvalue weighted by atomic mass is 32.1. The van der Waals surface area contributed by atoms with Crippen LogP contribution in [0.15, 0.2) is 67.4 Å². The summed E-state index contributed by atoms with van der Waals surface area (Å²) in [7, 11) is 0. The van der Waals surface area contributed by atoms with Crippen LogP contribution in [0.4, 0.5) is 13.9 Å². The van der Waals surface area contributed by atoms with E-state index in [0.717, 1.165) is 16.8 Å². The minimum absolute atomic E-state index is 0.283. The molecule has 0 aliphatic heterocycles. The van der Waals surface area contributed by atoms with Crippen LogP contribution >= 0.6 is 11.3 Å². The summed E-state index contributed by atoms with van der Waals surface area (Å²) in [6.07, 6.45) is 6.66. The molecule has 0 atom stereocenters. The first-order chi connectivity index (χ1) is 14.2. The van der Waals surface area contributed by atoms with Crippen molar-refractivity contribution in [2.45, 2.75) is 6.54 Å². The highest BCUT2D eigenvalue weighted by Gasteiger charge is 2.11. The van der Waals surface area contributed by atoms with Crippen molar-refractivity contribution in [2.24, 2.45) is 0 Å². The third-order valence-corrected chi connectivity index (χ3v) is 5.30. The molecule has 0 unspecified atom stereocenters. The first kappa shape index (κ1) is 17.5. The summed E-state index contributed by atoms with van der Waals surface area (Å²) in [6.45, 7) is 0.433. The molecule has 0 bridgehead atoms. The summed E-state index contributed by atoms with van der Waals surface area (Å²) in [5.74, 6) is -0.603. The van der Waals surface area contributed by atoms with Gasteiger partial charge in [-0.25, -0.2) is 23.3 Å². The maximum atomic E-state index is 14.4. The number of imidazole rings is 2. The molecule has 6 nitrogen and oxygen atoms in total. The number of hydrogen-bond donors (Lipinski definition) is 1. The summed E-state index contributed by atoms with van der Waals surface area (Å²) in [5, 5.41) is 8.33. The molecule has 29 heavy (non-hydrogen) atoms. The van der Waals surface area contributed by atoms with Gasteiger partial charge in [0.15, 0.2) is 0 Å².